The Morgan fingerprint density at radius 2 is 1.95 bits per heavy atom. The molecule has 4 nitrogen and oxygen atoms in total. The van der Waals surface area contributed by atoms with Crippen molar-refractivity contribution in [3.05, 3.63) is 45.8 Å². The number of aryl methyl sites for hydroxylation is 1. The van der Waals surface area contributed by atoms with Crippen molar-refractivity contribution in [1.82, 2.24) is 0 Å². The Bertz CT molecular complexity index is 592. The van der Waals surface area contributed by atoms with E-state index in [1.807, 2.05) is 6.92 Å². The molecule has 0 aliphatic heterocycles. The summed E-state index contributed by atoms with van der Waals surface area (Å²) < 4.78 is 16.7. The molecule has 1 aromatic heterocycles. The summed E-state index contributed by atoms with van der Waals surface area (Å²) >= 11 is 3.44. The van der Waals surface area contributed by atoms with Gasteiger partial charge < -0.3 is 19.0 Å². The third-order valence-corrected chi connectivity index (χ3v) is 3.96. The smallest absolute Gasteiger partial charge is 0.142 e. The number of halogens is 1. The predicted octanol–water partition coefficient (Wildman–Crippen LogP) is 3.70. The summed E-state index contributed by atoms with van der Waals surface area (Å²) in [6.07, 6.45) is 1.50. The number of ether oxygens (including phenoxy) is 2. The predicted molar refractivity (Wildman–Crippen MR) is 79.4 cm³/mol. The zero-order chi connectivity index (χ0) is 14.7. The molecule has 108 valence electrons. The maximum absolute atomic E-state index is 10.6. The molecule has 0 spiro atoms. The van der Waals surface area contributed by atoms with Gasteiger partial charge in [-0.3, -0.25) is 0 Å². The fourth-order valence-electron chi connectivity index (χ4n) is 2.18. The van der Waals surface area contributed by atoms with E-state index in [2.05, 4.69) is 15.9 Å². The van der Waals surface area contributed by atoms with E-state index in [0.717, 1.165) is 17.7 Å². The second kappa shape index (κ2) is 6.33. The second-order valence-electron chi connectivity index (χ2n) is 4.26. The zero-order valence-corrected chi connectivity index (χ0v) is 13.2. The van der Waals surface area contributed by atoms with E-state index in [1.165, 1.54) is 0 Å². The van der Waals surface area contributed by atoms with Crippen LogP contribution in [-0.2, 0) is 6.42 Å². The minimum Gasteiger partial charge on any atom is -0.495 e. The molecular weight excluding hydrogens is 324 g/mol. The SMILES string of the molecule is CCc1occc1C(O)c1ccc(OC)c(Br)c1OC. The van der Waals surface area contributed by atoms with Gasteiger partial charge in [-0.1, -0.05) is 6.92 Å². The van der Waals surface area contributed by atoms with Crippen LogP contribution < -0.4 is 9.47 Å². The highest BCUT2D eigenvalue weighted by Crippen LogP contribution is 2.41. The number of furan rings is 1. The van der Waals surface area contributed by atoms with Crippen molar-refractivity contribution in [3.63, 3.8) is 0 Å². The summed E-state index contributed by atoms with van der Waals surface area (Å²) in [7, 11) is 3.15. The van der Waals surface area contributed by atoms with Crippen LogP contribution in [0.15, 0.2) is 33.4 Å². The van der Waals surface area contributed by atoms with Gasteiger partial charge in [-0.05, 0) is 34.1 Å². The average Bonchev–Trinajstić information content (AvgIpc) is 2.94. The molecule has 1 atom stereocenters. The fraction of sp³-hybridized carbons (Fsp3) is 0.333. The van der Waals surface area contributed by atoms with Gasteiger partial charge in [0.1, 0.15) is 27.8 Å². The van der Waals surface area contributed by atoms with Crippen molar-refractivity contribution in [1.29, 1.82) is 0 Å². The second-order valence-corrected chi connectivity index (χ2v) is 5.05. The first-order chi connectivity index (χ1) is 9.63. The van der Waals surface area contributed by atoms with Crippen LogP contribution in [0.4, 0.5) is 0 Å². The van der Waals surface area contributed by atoms with Gasteiger partial charge in [-0.2, -0.15) is 0 Å². The van der Waals surface area contributed by atoms with E-state index in [1.54, 1.807) is 38.7 Å². The minimum atomic E-state index is -0.805. The van der Waals surface area contributed by atoms with Crippen LogP contribution in [0.1, 0.15) is 29.9 Å². The van der Waals surface area contributed by atoms with Crippen LogP contribution in [0, 0.1) is 0 Å². The van der Waals surface area contributed by atoms with E-state index in [-0.39, 0.29) is 0 Å². The molecule has 0 aliphatic carbocycles. The van der Waals surface area contributed by atoms with Crippen molar-refractivity contribution in [3.8, 4) is 11.5 Å². The molecule has 1 unspecified atom stereocenters. The number of hydrogen-bond acceptors (Lipinski definition) is 4. The lowest BCUT2D eigenvalue weighted by Crippen LogP contribution is -2.04. The quantitative estimate of drug-likeness (QED) is 0.901. The van der Waals surface area contributed by atoms with E-state index < -0.39 is 6.10 Å². The molecule has 0 fully saturated rings. The standard InChI is InChI=1S/C15H17BrO4/c1-4-11-9(7-8-20-11)14(17)10-5-6-12(18-2)13(16)15(10)19-3/h5-8,14,17H,4H2,1-3H3. The number of benzene rings is 1. The van der Waals surface area contributed by atoms with E-state index >= 15 is 0 Å². The summed E-state index contributed by atoms with van der Waals surface area (Å²) in [6, 6.07) is 5.36. The van der Waals surface area contributed by atoms with Gasteiger partial charge in [-0.15, -0.1) is 0 Å². The van der Waals surface area contributed by atoms with Crippen molar-refractivity contribution >= 4 is 15.9 Å². The third kappa shape index (κ3) is 2.55. The lowest BCUT2D eigenvalue weighted by atomic mass is 10.00. The van der Waals surface area contributed by atoms with Gasteiger partial charge in [0.15, 0.2) is 0 Å². The molecule has 1 N–H and O–H groups in total. The Kier molecular flexibility index (Phi) is 4.73. The first-order valence-corrected chi connectivity index (χ1v) is 7.08. The number of aliphatic hydroxyl groups excluding tert-OH is 1. The molecule has 20 heavy (non-hydrogen) atoms. The molecule has 2 rings (SSSR count). The average molecular weight is 341 g/mol. The summed E-state index contributed by atoms with van der Waals surface area (Å²) in [4.78, 5) is 0. The lowest BCUT2D eigenvalue weighted by Gasteiger charge is -2.17. The molecule has 5 heteroatoms. The molecular formula is C15H17BrO4. The number of rotatable bonds is 5. The topological polar surface area (TPSA) is 51.8 Å². The Labute approximate surface area is 126 Å². The maximum atomic E-state index is 10.6. The molecule has 0 saturated heterocycles. The molecule has 0 aliphatic rings. The van der Waals surface area contributed by atoms with Gasteiger partial charge in [-0.25, -0.2) is 0 Å². The first-order valence-electron chi connectivity index (χ1n) is 6.28. The van der Waals surface area contributed by atoms with E-state index in [9.17, 15) is 5.11 Å². The normalized spacial score (nSPS) is 12.2. The van der Waals surface area contributed by atoms with E-state index in [0.29, 0.717) is 21.5 Å². The number of aliphatic hydroxyl groups is 1. The van der Waals surface area contributed by atoms with Crippen LogP contribution in [0.3, 0.4) is 0 Å². The Morgan fingerprint density at radius 3 is 2.55 bits per heavy atom. The maximum Gasteiger partial charge on any atom is 0.142 e. The molecule has 0 saturated carbocycles. The summed E-state index contributed by atoms with van der Waals surface area (Å²) in [5.74, 6) is 1.98. The first kappa shape index (κ1) is 14.9. The summed E-state index contributed by atoms with van der Waals surface area (Å²) in [5.41, 5.74) is 1.42. The van der Waals surface area contributed by atoms with Crippen molar-refractivity contribution in [2.45, 2.75) is 19.4 Å². The van der Waals surface area contributed by atoms with Gasteiger partial charge in [0.25, 0.3) is 0 Å². The van der Waals surface area contributed by atoms with Crippen LogP contribution in [0.25, 0.3) is 0 Å². The molecule has 1 heterocycles. The van der Waals surface area contributed by atoms with Crippen LogP contribution in [0.2, 0.25) is 0 Å². The highest BCUT2D eigenvalue weighted by molar-refractivity contribution is 9.10. The third-order valence-electron chi connectivity index (χ3n) is 3.21. The highest BCUT2D eigenvalue weighted by atomic mass is 79.9. The number of methoxy groups -OCH3 is 2. The zero-order valence-electron chi connectivity index (χ0n) is 11.6. The lowest BCUT2D eigenvalue weighted by molar-refractivity contribution is 0.211. The van der Waals surface area contributed by atoms with E-state index in [4.69, 9.17) is 13.9 Å². The largest absolute Gasteiger partial charge is 0.495 e. The highest BCUT2D eigenvalue weighted by Gasteiger charge is 2.23. The van der Waals surface area contributed by atoms with Gasteiger partial charge in [0.2, 0.25) is 0 Å². The molecule has 0 radical (unpaired) electrons. The van der Waals surface area contributed by atoms with Gasteiger partial charge in [0, 0.05) is 17.5 Å². The Balaban J connectivity index is 2.49. The van der Waals surface area contributed by atoms with Crippen LogP contribution >= 0.6 is 15.9 Å². The monoisotopic (exact) mass is 340 g/mol. The Morgan fingerprint density at radius 1 is 1.20 bits per heavy atom. The van der Waals surface area contributed by atoms with Crippen molar-refractivity contribution in [2.24, 2.45) is 0 Å². The van der Waals surface area contributed by atoms with Gasteiger partial charge >= 0.3 is 0 Å². The summed E-state index contributed by atoms with van der Waals surface area (Å²) in [5, 5.41) is 10.6. The van der Waals surface area contributed by atoms with Crippen LogP contribution in [-0.4, -0.2) is 19.3 Å². The number of hydrogen-bond donors (Lipinski definition) is 1. The molecule has 1 aromatic carbocycles. The molecule has 0 bridgehead atoms. The van der Waals surface area contributed by atoms with Crippen molar-refractivity contribution < 1.29 is 19.0 Å². The molecule has 2 aromatic rings. The van der Waals surface area contributed by atoms with Gasteiger partial charge in [0.05, 0.1) is 20.5 Å². The summed E-state index contributed by atoms with van der Waals surface area (Å²) in [6.45, 7) is 1.98. The minimum absolute atomic E-state index is 0.556. The van der Waals surface area contributed by atoms with Crippen LogP contribution in [0.5, 0.6) is 11.5 Å². The Hall–Kier alpha value is -1.46. The fourth-order valence-corrected chi connectivity index (χ4v) is 2.87. The van der Waals surface area contributed by atoms with Crippen molar-refractivity contribution in [2.75, 3.05) is 14.2 Å². The molecule has 0 amide bonds.